The van der Waals surface area contributed by atoms with E-state index >= 15 is 0 Å². The molecule has 0 aromatic heterocycles. The molecule has 5 nitrogen and oxygen atoms in total. The average molecular weight is 777 g/mol. The van der Waals surface area contributed by atoms with Gasteiger partial charge in [0.05, 0.1) is 6.54 Å². The number of hydrogen-bond acceptors (Lipinski definition) is 5. The van der Waals surface area contributed by atoms with Crippen molar-refractivity contribution in [3.63, 3.8) is 0 Å². The van der Waals surface area contributed by atoms with E-state index in [0.717, 1.165) is 52.0 Å². The van der Waals surface area contributed by atoms with Gasteiger partial charge in [0.2, 0.25) is 0 Å². The minimum absolute atomic E-state index is 0.0425. The van der Waals surface area contributed by atoms with Crippen LogP contribution in [0.15, 0.2) is 12.2 Å². The van der Waals surface area contributed by atoms with Gasteiger partial charge >= 0.3 is 5.97 Å². The van der Waals surface area contributed by atoms with Crippen molar-refractivity contribution < 1.29 is 14.4 Å². The van der Waals surface area contributed by atoms with Crippen LogP contribution in [0.3, 0.4) is 0 Å². The summed E-state index contributed by atoms with van der Waals surface area (Å²) in [5.74, 6) is -0.0425. The molecule has 0 unspecified atom stereocenters. The molecular formula is C50H100N2O3. The van der Waals surface area contributed by atoms with Crippen molar-refractivity contribution in [1.82, 2.24) is 9.96 Å². The van der Waals surface area contributed by atoms with E-state index in [2.05, 4.69) is 37.8 Å². The van der Waals surface area contributed by atoms with Gasteiger partial charge in [-0.15, -0.1) is 5.06 Å². The first-order valence-electron chi connectivity index (χ1n) is 25.0. The van der Waals surface area contributed by atoms with E-state index in [4.69, 9.17) is 9.57 Å². The lowest BCUT2D eigenvalue weighted by Gasteiger charge is -2.25. The van der Waals surface area contributed by atoms with Crippen LogP contribution in [-0.4, -0.2) is 62.4 Å². The van der Waals surface area contributed by atoms with Crippen molar-refractivity contribution in [2.45, 2.75) is 258 Å². The molecule has 0 aromatic carbocycles. The average Bonchev–Trinajstić information content (AvgIpc) is 3.18. The first-order chi connectivity index (χ1) is 27.2. The van der Waals surface area contributed by atoms with Gasteiger partial charge < -0.3 is 9.57 Å². The van der Waals surface area contributed by atoms with Crippen molar-refractivity contribution in [3.05, 3.63) is 12.2 Å². The van der Waals surface area contributed by atoms with Crippen LogP contribution in [0.1, 0.15) is 258 Å². The van der Waals surface area contributed by atoms with Gasteiger partial charge in [-0.1, -0.05) is 213 Å². The van der Waals surface area contributed by atoms with Crippen molar-refractivity contribution in [1.29, 1.82) is 0 Å². The van der Waals surface area contributed by atoms with Gasteiger partial charge in [0, 0.05) is 26.8 Å². The number of methoxy groups -OCH3 is 1. The van der Waals surface area contributed by atoms with E-state index in [-0.39, 0.29) is 5.97 Å². The number of nitrogens with zero attached hydrogens (tertiary/aromatic N) is 2. The molecule has 328 valence electrons. The van der Waals surface area contributed by atoms with Crippen molar-refractivity contribution in [2.75, 3.05) is 46.4 Å². The molecular weight excluding hydrogens is 677 g/mol. The lowest BCUT2D eigenvalue weighted by molar-refractivity contribution is -0.192. The fourth-order valence-corrected chi connectivity index (χ4v) is 7.72. The second-order valence-corrected chi connectivity index (χ2v) is 17.0. The van der Waals surface area contributed by atoms with E-state index in [1.54, 1.807) is 7.11 Å². The molecule has 0 aliphatic carbocycles. The molecule has 0 aliphatic heterocycles. The summed E-state index contributed by atoms with van der Waals surface area (Å²) in [6.07, 6.45) is 53.2. The lowest BCUT2D eigenvalue weighted by atomic mass is 10.1. The van der Waals surface area contributed by atoms with Crippen LogP contribution in [0.4, 0.5) is 0 Å². The zero-order valence-electron chi connectivity index (χ0n) is 38.2. The van der Waals surface area contributed by atoms with Gasteiger partial charge in [0.15, 0.2) is 0 Å². The van der Waals surface area contributed by atoms with E-state index < -0.39 is 0 Å². The number of rotatable bonds is 47. The van der Waals surface area contributed by atoms with Crippen molar-refractivity contribution in [2.24, 2.45) is 0 Å². The van der Waals surface area contributed by atoms with Crippen molar-refractivity contribution >= 4 is 5.97 Å². The topological polar surface area (TPSA) is 42.0 Å². The fourth-order valence-electron chi connectivity index (χ4n) is 7.72. The van der Waals surface area contributed by atoms with Gasteiger partial charge in [-0.3, -0.25) is 4.90 Å². The second-order valence-electron chi connectivity index (χ2n) is 17.0. The Morgan fingerprint density at radius 2 is 0.709 bits per heavy atom. The molecule has 55 heavy (non-hydrogen) atoms. The predicted molar refractivity (Wildman–Crippen MR) is 243 cm³/mol. The van der Waals surface area contributed by atoms with E-state index in [1.165, 1.54) is 218 Å². The van der Waals surface area contributed by atoms with Crippen LogP contribution in [0, 0.1) is 0 Å². The van der Waals surface area contributed by atoms with E-state index in [9.17, 15) is 4.79 Å². The molecule has 0 radical (unpaired) electrons. The summed E-state index contributed by atoms with van der Waals surface area (Å²) in [4.78, 5) is 22.0. The number of hydroxylamine groups is 2. The van der Waals surface area contributed by atoms with Gasteiger partial charge in [-0.05, 0) is 70.9 Å². The van der Waals surface area contributed by atoms with Crippen LogP contribution < -0.4 is 0 Å². The summed E-state index contributed by atoms with van der Waals surface area (Å²) in [6, 6.07) is 0. The molecule has 0 rings (SSSR count). The Morgan fingerprint density at radius 1 is 0.400 bits per heavy atom. The Kier molecular flexibility index (Phi) is 46.7. The number of hydrogen-bond donors (Lipinski definition) is 0. The molecule has 0 N–H and O–H groups in total. The summed E-state index contributed by atoms with van der Waals surface area (Å²) in [5, 5.41) is 2.03. The Morgan fingerprint density at radius 3 is 1.07 bits per heavy atom. The highest BCUT2D eigenvalue weighted by Crippen LogP contribution is 2.15. The summed E-state index contributed by atoms with van der Waals surface area (Å²) in [5.41, 5.74) is 0. The molecule has 0 atom stereocenters. The number of carbonyl (C=O) groups excluding carboxylic acids is 1. The van der Waals surface area contributed by atoms with Crippen LogP contribution >= 0.6 is 0 Å². The maximum absolute atomic E-state index is 13.4. The monoisotopic (exact) mass is 777 g/mol. The Balaban J connectivity index is 4.70. The summed E-state index contributed by atoms with van der Waals surface area (Å²) < 4.78 is 5.20. The zero-order chi connectivity index (χ0) is 40.0. The van der Waals surface area contributed by atoms with Gasteiger partial charge in [0.1, 0.15) is 0 Å². The molecule has 0 saturated heterocycles. The largest absolute Gasteiger partial charge is 0.385 e. The van der Waals surface area contributed by atoms with Gasteiger partial charge in [-0.25, -0.2) is 4.79 Å². The quantitative estimate of drug-likeness (QED) is 0.0350. The van der Waals surface area contributed by atoms with Crippen LogP contribution in [0.2, 0.25) is 0 Å². The molecule has 0 saturated carbocycles. The minimum atomic E-state index is -0.0425. The molecule has 0 bridgehead atoms. The maximum Gasteiger partial charge on any atom is 0.339 e. The molecule has 0 spiro atoms. The molecule has 5 heteroatoms. The first-order valence-corrected chi connectivity index (χ1v) is 25.0. The smallest absolute Gasteiger partial charge is 0.339 e. The highest BCUT2D eigenvalue weighted by molar-refractivity contribution is 5.71. The fraction of sp³-hybridized carbons (Fsp3) is 0.940. The standard InChI is InChI=1S/C50H100N2O3/c1-5-8-11-14-17-19-21-22-23-24-25-26-28-31-35-40-45-51(44-39-34-30-27-20-18-15-12-9-6-2)49-50(53)55-52(46-41-36-29-16-13-10-7-3)47-42-37-32-33-38-43-48-54-4/h22-23H,5-21,24-49H2,1-4H3/b23-22-. The number of unbranched alkanes of at least 4 members (excludes halogenated alkanes) is 32. The molecule has 0 aliphatic rings. The molecule has 0 heterocycles. The third-order valence-electron chi connectivity index (χ3n) is 11.4. The highest BCUT2D eigenvalue weighted by atomic mass is 16.7. The van der Waals surface area contributed by atoms with Gasteiger partial charge in [-0.2, -0.15) is 0 Å². The minimum Gasteiger partial charge on any atom is -0.385 e. The third-order valence-corrected chi connectivity index (χ3v) is 11.4. The zero-order valence-corrected chi connectivity index (χ0v) is 38.2. The van der Waals surface area contributed by atoms with E-state index in [0.29, 0.717) is 6.54 Å². The Labute approximate surface area is 346 Å². The van der Waals surface area contributed by atoms with Crippen LogP contribution in [0.5, 0.6) is 0 Å². The third kappa shape index (κ3) is 44.0. The SMILES string of the molecule is CCCCCCCC/C=C\CCCCCCCCN(CCCCCCCCCCCC)CC(=O)ON(CCCCCCCCC)CCCCCCCCOC. The maximum atomic E-state index is 13.4. The van der Waals surface area contributed by atoms with E-state index in [1.807, 2.05) is 5.06 Å². The number of carbonyl (C=O) groups is 1. The lowest BCUT2D eigenvalue weighted by Crippen LogP contribution is -2.37. The predicted octanol–water partition coefficient (Wildman–Crippen LogP) is 15.7. The van der Waals surface area contributed by atoms with Crippen molar-refractivity contribution in [3.8, 4) is 0 Å². The summed E-state index contributed by atoms with van der Waals surface area (Å²) >= 11 is 0. The Hall–Kier alpha value is -0.910. The van der Waals surface area contributed by atoms with Crippen LogP contribution in [0.25, 0.3) is 0 Å². The molecule has 0 fully saturated rings. The van der Waals surface area contributed by atoms with Crippen LogP contribution in [-0.2, 0) is 14.4 Å². The van der Waals surface area contributed by atoms with Gasteiger partial charge in [0.25, 0.3) is 0 Å². The summed E-state index contributed by atoms with van der Waals surface area (Å²) in [7, 11) is 1.79. The number of allylic oxidation sites excluding steroid dienone is 2. The first kappa shape index (κ1) is 54.1. The highest BCUT2D eigenvalue weighted by Gasteiger charge is 2.16. The second kappa shape index (κ2) is 47.5. The molecule has 0 aromatic rings. The Bertz CT molecular complexity index is 759. The summed E-state index contributed by atoms with van der Waals surface area (Å²) in [6.45, 7) is 12.0. The molecule has 0 amide bonds. The normalized spacial score (nSPS) is 11.9. The number of ether oxygens (including phenoxy) is 1.